The van der Waals surface area contributed by atoms with Gasteiger partial charge in [0.1, 0.15) is 17.6 Å². The van der Waals surface area contributed by atoms with E-state index in [2.05, 4.69) is 6.92 Å². The van der Waals surface area contributed by atoms with Crippen molar-refractivity contribution in [3.8, 4) is 5.75 Å². The van der Waals surface area contributed by atoms with Gasteiger partial charge in [-0.05, 0) is 80.1 Å². The van der Waals surface area contributed by atoms with Crippen molar-refractivity contribution in [2.45, 2.75) is 46.3 Å². The lowest BCUT2D eigenvalue weighted by molar-refractivity contribution is -0.132. The quantitative estimate of drug-likeness (QED) is 0.276. The first-order valence-corrected chi connectivity index (χ1v) is 11.9. The molecule has 2 aromatic carbocycles. The van der Waals surface area contributed by atoms with Gasteiger partial charge in [0.2, 0.25) is 0 Å². The van der Waals surface area contributed by atoms with Crippen LogP contribution < -0.4 is 9.64 Å². The molecule has 6 heteroatoms. The van der Waals surface area contributed by atoms with E-state index >= 15 is 0 Å². The van der Waals surface area contributed by atoms with E-state index in [9.17, 15) is 14.7 Å². The van der Waals surface area contributed by atoms with Crippen molar-refractivity contribution in [2.75, 3.05) is 4.90 Å². The molecule has 0 bridgehead atoms. The molecule has 4 rings (SSSR count). The van der Waals surface area contributed by atoms with E-state index in [4.69, 9.17) is 4.74 Å². The van der Waals surface area contributed by atoms with Gasteiger partial charge in [0.15, 0.2) is 0 Å². The lowest BCUT2D eigenvalue weighted by Crippen LogP contribution is -2.29. The van der Waals surface area contributed by atoms with Crippen LogP contribution in [0.4, 0.5) is 5.69 Å². The fourth-order valence-corrected chi connectivity index (χ4v) is 4.87. The van der Waals surface area contributed by atoms with Gasteiger partial charge in [0.25, 0.3) is 11.7 Å². The van der Waals surface area contributed by atoms with Crippen LogP contribution in [0.5, 0.6) is 5.75 Å². The number of aliphatic hydroxyl groups is 1. The number of hydrogen-bond donors (Lipinski definition) is 1. The maximum Gasteiger partial charge on any atom is 0.300 e. The standard InChI is InChI=1S/C27H27NO4S/c1-5-18-8-11-20(12-9-18)28-24(22-7-6-14-33-22)23(26(30)27(28)31)25(29)19-10-13-21(17(4)15-19)32-16(2)3/h6-16,24,29H,5H2,1-4H3/b25-23-. The van der Waals surface area contributed by atoms with Crippen molar-refractivity contribution < 1.29 is 19.4 Å². The van der Waals surface area contributed by atoms with Gasteiger partial charge in [-0.1, -0.05) is 25.1 Å². The number of ketones is 1. The molecule has 1 unspecified atom stereocenters. The summed E-state index contributed by atoms with van der Waals surface area (Å²) in [4.78, 5) is 28.7. The monoisotopic (exact) mass is 461 g/mol. The number of amides is 1. The predicted molar refractivity (Wildman–Crippen MR) is 132 cm³/mol. The molecular formula is C27H27NO4S. The summed E-state index contributed by atoms with van der Waals surface area (Å²) in [5, 5.41) is 13.2. The number of aliphatic hydroxyl groups excluding tert-OH is 1. The number of carbonyl (C=O) groups is 2. The third-order valence-electron chi connectivity index (χ3n) is 5.69. The molecule has 0 radical (unpaired) electrons. The van der Waals surface area contributed by atoms with Gasteiger partial charge in [-0.3, -0.25) is 14.5 Å². The lowest BCUT2D eigenvalue weighted by Gasteiger charge is -2.24. The third-order valence-corrected chi connectivity index (χ3v) is 6.62. The molecule has 2 heterocycles. The molecule has 1 aliphatic rings. The summed E-state index contributed by atoms with van der Waals surface area (Å²) < 4.78 is 5.79. The fraction of sp³-hybridized carbons (Fsp3) is 0.259. The van der Waals surface area contributed by atoms with Crippen LogP contribution in [0.1, 0.15) is 48.4 Å². The SMILES string of the molecule is CCc1ccc(N2C(=O)C(=O)/C(=C(\O)c3ccc(OC(C)C)c(C)c3)C2c2cccs2)cc1. The van der Waals surface area contributed by atoms with Gasteiger partial charge in [-0.15, -0.1) is 11.3 Å². The molecule has 1 N–H and O–H groups in total. The van der Waals surface area contributed by atoms with Crippen LogP contribution in [-0.4, -0.2) is 22.9 Å². The molecular weight excluding hydrogens is 434 g/mol. The normalized spacial score (nSPS) is 17.7. The first-order valence-electron chi connectivity index (χ1n) is 11.0. The molecule has 0 saturated carbocycles. The highest BCUT2D eigenvalue weighted by Crippen LogP contribution is 2.43. The number of thiophene rings is 1. The fourth-order valence-electron chi connectivity index (χ4n) is 4.05. The lowest BCUT2D eigenvalue weighted by atomic mass is 9.98. The Bertz CT molecular complexity index is 1210. The average Bonchev–Trinajstić information content (AvgIpc) is 3.41. The van der Waals surface area contributed by atoms with Gasteiger partial charge in [0.05, 0.1) is 11.7 Å². The van der Waals surface area contributed by atoms with Gasteiger partial charge in [-0.2, -0.15) is 0 Å². The zero-order chi connectivity index (χ0) is 23.7. The number of benzene rings is 2. The van der Waals surface area contributed by atoms with Crippen LogP contribution in [0.2, 0.25) is 0 Å². The molecule has 1 aliphatic heterocycles. The first-order chi connectivity index (χ1) is 15.8. The summed E-state index contributed by atoms with van der Waals surface area (Å²) >= 11 is 1.45. The zero-order valence-electron chi connectivity index (χ0n) is 19.2. The predicted octanol–water partition coefficient (Wildman–Crippen LogP) is 6.03. The minimum atomic E-state index is -0.690. The molecule has 0 aliphatic carbocycles. The Kier molecular flexibility index (Phi) is 6.38. The molecule has 5 nitrogen and oxygen atoms in total. The Morgan fingerprint density at radius 2 is 1.85 bits per heavy atom. The van der Waals surface area contributed by atoms with E-state index in [1.165, 1.54) is 16.2 Å². The second kappa shape index (κ2) is 9.24. The van der Waals surface area contributed by atoms with Crippen molar-refractivity contribution in [3.63, 3.8) is 0 Å². The minimum Gasteiger partial charge on any atom is -0.507 e. The third kappa shape index (κ3) is 4.31. The Morgan fingerprint density at radius 1 is 1.12 bits per heavy atom. The Hall–Kier alpha value is -3.38. The minimum absolute atomic E-state index is 0.0198. The van der Waals surface area contributed by atoms with Crippen molar-refractivity contribution in [2.24, 2.45) is 0 Å². The number of ether oxygens (including phenoxy) is 1. The molecule has 0 spiro atoms. The van der Waals surface area contributed by atoms with Gasteiger partial charge in [0, 0.05) is 16.1 Å². The van der Waals surface area contributed by atoms with Crippen LogP contribution >= 0.6 is 11.3 Å². The zero-order valence-corrected chi connectivity index (χ0v) is 20.0. The highest BCUT2D eigenvalue weighted by molar-refractivity contribution is 7.10. The van der Waals surface area contributed by atoms with Crippen molar-refractivity contribution in [3.05, 3.63) is 87.1 Å². The maximum atomic E-state index is 13.2. The van der Waals surface area contributed by atoms with Crippen LogP contribution in [0, 0.1) is 6.92 Å². The molecule has 170 valence electrons. The molecule has 1 fully saturated rings. The van der Waals surface area contributed by atoms with E-state index < -0.39 is 17.7 Å². The van der Waals surface area contributed by atoms with Gasteiger partial charge < -0.3 is 9.84 Å². The number of Topliss-reactive ketones (excluding diaryl/α,β-unsaturated/α-hetero) is 1. The number of hydrogen-bond acceptors (Lipinski definition) is 5. The highest BCUT2D eigenvalue weighted by Gasteiger charge is 2.47. The van der Waals surface area contributed by atoms with Crippen molar-refractivity contribution in [1.29, 1.82) is 0 Å². The molecule has 1 amide bonds. The second-order valence-electron chi connectivity index (χ2n) is 8.35. The molecule has 1 atom stereocenters. The van der Waals surface area contributed by atoms with Crippen molar-refractivity contribution >= 4 is 34.5 Å². The summed E-state index contributed by atoms with van der Waals surface area (Å²) in [5.74, 6) is -0.798. The van der Waals surface area contributed by atoms with Gasteiger partial charge >= 0.3 is 0 Å². The summed E-state index contributed by atoms with van der Waals surface area (Å²) in [5.41, 5.74) is 3.18. The van der Waals surface area contributed by atoms with Gasteiger partial charge in [-0.25, -0.2) is 0 Å². The molecule has 1 saturated heterocycles. The number of rotatable bonds is 6. The molecule has 33 heavy (non-hydrogen) atoms. The number of aryl methyl sites for hydroxylation is 2. The van der Waals surface area contributed by atoms with Crippen LogP contribution in [-0.2, 0) is 16.0 Å². The average molecular weight is 462 g/mol. The van der Waals surface area contributed by atoms with Crippen LogP contribution in [0.3, 0.4) is 0 Å². The van der Waals surface area contributed by atoms with Crippen molar-refractivity contribution in [1.82, 2.24) is 0 Å². The Balaban J connectivity index is 1.84. The largest absolute Gasteiger partial charge is 0.507 e. The van der Waals surface area contributed by atoms with Crippen LogP contribution in [0.25, 0.3) is 5.76 Å². The van der Waals surface area contributed by atoms with E-state index in [1.54, 1.807) is 18.2 Å². The number of carbonyl (C=O) groups excluding carboxylic acids is 2. The van der Waals surface area contributed by atoms with E-state index in [0.29, 0.717) is 17.0 Å². The Morgan fingerprint density at radius 3 is 2.42 bits per heavy atom. The summed E-state index contributed by atoms with van der Waals surface area (Å²) in [7, 11) is 0. The number of nitrogens with zero attached hydrogens (tertiary/aromatic N) is 1. The Labute approximate surface area is 197 Å². The first kappa shape index (κ1) is 22.8. The van der Waals surface area contributed by atoms with E-state index in [1.807, 2.05) is 62.5 Å². The molecule has 1 aromatic heterocycles. The molecule has 3 aromatic rings. The van der Waals surface area contributed by atoms with Crippen LogP contribution in [0.15, 0.2) is 65.6 Å². The topological polar surface area (TPSA) is 66.8 Å². The summed E-state index contributed by atoms with van der Waals surface area (Å²) in [6.45, 7) is 7.84. The summed E-state index contributed by atoms with van der Waals surface area (Å²) in [6.07, 6.45) is 0.898. The van der Waals surface area contributed by atoms with E-state index in [0.717, 1.165) is 22.4 Å². The maximum absolute atomic E-state index is 13.2. The highest BCUT2D eigenvalue weighted by atomic mass is 32.1. The summed E-state index contributed by atoms with van der Waals surface area (Å²) in [6, 6.07) is 16.0. The number of anilines is 1. The van der Waals surface area contributed by atoms with E-state index in [-0.39, 0.29) is 17.4 Å². The second-order valence-corrected chi connectivity index (χ2v) is 9.33. The smallest absolute Gasteiger partial charge is 0.300 e.